The van der Waals surface area contributed by atoms with E-state index in [0.717, 1.165) is 6.42 Å². The molecular formula is C7H11N2O2. The third-order valence-electron chi connectivity index (χ3n) is 1.79. The fraction of sp³-hybridized carbons (Fsp3) is 0.571. The van der Waals surface area contributed by atoms with E-state index in [1.165, 1.54) is 11.8 Å². The van der Waals surface area contributed by atoms with Gasteiger partial charge in [-0.1, -0.05) is 0 Å². The SMILES string of the molecule is CC(=O)N1CC[CH]C1C(N)=O. The van der Waals surface area contributed by atoms with Crippen LogP contribution in [0.4, 0.5) is 0 Å². The van der Waals surface area contributed by atoms with Gasteiger partial charge in [0.25, 0.3) is 0 Å². The number of carbonyl (C=O) groups excluding carboxylic acids is 2. The normalized spacial score (nSPS) is 23.7. The lowest BCUT2D eigenvalue weighted by molar-refractivity contribution is -0.134. The van der Waals surface area contributed by atoms with Gasteiger partial charge in [0.15, 0.2) is 0 Å². The smallest absolute Gasteiger partial charge is 0.240 e. The Hall–Kier alpha value is -1.06. The minimum atomic E-state index is -0.479. The molecule has 0 saturated carbocycles. The molecule has 2 N–H and O–H groups in total. The van der Waals surface area contributed by atoms with Crippen LogP contribution < -0.4 is 5.73 Å². The van der Waals surface area contributed by atoms with E-state index in [-0.39, 0.29) is 5.91 Å². The fourth-order valence-corrected chi connectivity index (χ4v) is 1.26. The van der Waals surface area contributed by atoms with Gasteiger partial charge in [0.1, 0.15) is 6.04 Å². The molecule has 1 aliphatic rings. The van der Waals surface area contributed by atoms with E-state index in [4.69, 9.17) is 5.73 Å². The summed E-state index contributed by atoms with van der Waals surface area (Å²) in [5.74, 6) is -0.541. The Labute approximate surface area is 65.3 Å². The highest BCUT2D eigenvalue weighted by molar-refractivity contribution is 5.87. The van der Waals surface area contributed by atoms with E-state index in [9.17, 15) is 9.59 Å². The lowest BCUT2D eigenvalue weighted by atomic mass is 10.2. The van der Waals surface area contributed by atoms with Crippen LogP contribution in [0.3, 0.4) is 0 Å². The van der Waals surface area contributed by atoms with Crippen LogP contribution in [0.1, 0.15) is 13.3 Å². The van der Waals surface area contributed by atoms with Crippen molar-refractivity contribution in [2.75, 3.05) is 6.54 Å². The maximum atomic E-state index is 10.9. The molecule has 0 aromatic heterocycles. The van der Waals surface area contributed by atoms with Gasteiger partial charge in [-0.25, -0.2) is 0 Å². The second-order valence-electron chi connectivity index (χ2n) is 2.58. The number of rotatable bonds is 1. The molecular weight excluding hydrogens is 144 g/mol. The van der Waals surface area contributed by atoms with Crippen molar-refractivity contribution in [2.45, 2.75) is 19.4 Å². The van der Waals surface area contributed by atoms with Crippen LogP contribution in [0.25, 0.3) is 0 Å². The van der Waals surface area contributed by atoms with Crippen molar-refractivity contribution in [3.63, 3.8) is 0 Å². The molecule has 2 amide bonds. The molecule has 0 bridgehead atoms. The van der Waals surface area contributed by atoms with Gasteiger partial charge in [0.05, 0.1) is 0 Å². The van der Waals surface area contributed by atoms with Gasteiger partial charge in [-0.05, 0) is 12.8 Å². The molecule has 0 aliphatic carbocycles. The molecule has 1 fully saturated rings. The zero-order valence-corrected chi connectivity index (χ0v) is 6.41. The molecule has 0 aromatic rings. The summed E-state index contributed by atoms with van der Waals surface area (Å²) in [6.07, 6.45) is 2.52. The van der Waals surface area contributed by atoms with Gasteiger partial charge < -0.3 is 10.6 Å². The van der Waals surface area contributed by atoms with Crippen molar-refractivity contribution in [2.24, 2.45) is 5.73 Å². The molecule has 1 aliphatic heterocycles. The van der Waals surface area contributed by atoms with Crippen molar-refractivity contribution in [1.82, 2.24) is 4.90 Å². The number of hydrogen-bond donors (Lipinski definition) is 1. The van der Waals surface area contributed by atoms with E-state index in [1.54, 1.807) is 6.42 Å². The van der Waals surface area contributed by atoms with Crippen LogP contribution in [0.5, 0.6) is 0 Å². The Morgan fingerprint density at radius 2 is 2.27 bits per heavy atom. The number of amides is 2. The molecule has 1 rings (SSSR count). The zero-order chi connectivity index (χ0) is 8.43. The van der Waals surface area contributed by atoms with E-state index < -0.39 is 11.9 Å². The van der Waals surface area contributed by atoms with Gasteiger partial charge in [-0.15, -0.1) is 0 Å². The summed E-state index contributed by atoms with van der Waals surface area (Å²) in [4.78, 5) is 23.0. The van der Waals surface area contributed by atoms with Crippen LogP contribution in [0.15, 0.2) is 0 Å². The fourth-order valence-electron chi connectivity index (χ4n) is 1.26. The van der Waals surface area contributed by atoms with E-state index >= 15 is 0 Å². The first-order valence-corrected chi connectivity index (χ1v) is 3.53. The molecule has 1 radical (unpaired) electrons. The zero-order valence-electron chi connectivity index (χ0n) is 6.41. The first-order chi connectivity index (χ1) is 5.13. The molecule has 0 aromatic carbocycles. The predicted octanol–water partition coefficient (Wildman–Crippen LogP) is -0.703. The first-order valence-electron chi connectivity index (χ1n) is 3.53. The number of nitrogens with two attached hydrogens (primary N) is 1. The molecule has 1 saturated heterocycles. The molecule has 61 valence electrons. The minimum absolute atomic E-state index is 0.0949. The highest BCUT2D eigenvalue weighted by Gasteiger charge is 2.30. The quantitative estimate of drug-likeness (QED) is 0.544. The van der Waals surface area contributed by atoms with Crippen molar-refractivity contribution >= 4 is 11.8 Å². The summed E-state index contributed by atoms with van der Waals surface area (Å²) >= 11 is 0. The Morgan fingerprint density at radius 1 is 1.64 bits per heavy atom. The Bertz CT molecular complexity index is 171. The van der Waals surface area contributed by atoms with Crippen LogP contribution in [0.2, 0.25) is 0 Å². The summed E-state index contributed by atoms with van der Waals surface area (Å²) in [7, 11) is 0. The second kappa shape index (κ2) is 2.90. The first kappa shape index (κ1) is 8.04. The number of hydrogen-bond acceptors (Lipinski definition) is 2. The molecule has 4 heteroatoms. The molecule has 1 atom stereocenters. The third kappa shape index (κ3) is 1.50. The van der Waals surface area contributed by atoms with Gasteiger partial charge in [-0.3, -0.25) is 9.59 Å². The van der Waals surface area contributed by atoms with Crippen LogP contribution in [-0.2, 0) is 9.59 Å². The maximum Gasteiger partial charge on any atom is 0.240 e. The Kier molecular flexibility index (Phi) is 2.12. The molecule has 4 nitrogen and oxygen atoms in total. The summed E-state index contributed by atoms with van der Waals surface area (Å²) in [6, 6.07) is -0.479. The Morgan fingerprint density at radius 3 is 2.64 bits per heavy atom. The third-order valence-corrected chi connectivity index (χ3v) is 1.79. The lowest BCUT2D eigenvalue weighted by Gasteiger charge is -2.19. The predicted molar refractivity (Wildman–Crippen MR) is 39.3 cm³/mol. The van der Waals surface area contributed by atoms with E-state index in [1.807, 2.05) is 0 Å². The molecule has 11 heavy (non-hydrogen) atoms. The average molecular weight is 155 g/mol. The second-order valence-corrected chi connectivity index (χ2v) is 2.58. The van der Waals surface area contributed by atoms with Crippen LogP contribution in [0, 0.1) is 6.42 Å². The molecule has 1 unspecified atom stereocenters. The summed E-state index contributed by atoms with van der Waals surface area (Å²) in [6.45, 7) is 2.05. The Balaban J connectivity index is 2.65. The highest BCUT2D eigenvalue weighted by atomic mass is 16.2. The standard InChI is InChI=1S/C7H11N2O2/c1-5(10)9-4-2-3-6(9)7(8)11/h3,6H,2,4H2,1H3,(H2,8,11). The molecule has 1 heterocycles. The summed E-state index contributed by atoms with van der Waals surface area (Å²) < 4.78 is 0. The average Bonchev–Trinajstić information content (AvgIpc) is 2.32. The van der Waals surface area contributed by atoms with Crippen LogP contribution >= 0.6 is 0 Å². The highest BCUT2D eigenvalue weighted by Crippen LogP contribution is 2.15. The van der Waals surface area contributed by atoms with Gasteiger partial charge in [0.2, 0.25) is 11.8 Å². The largest absolute Gasteiger partial charge is 0.368 e. The number of nitrogens with zero attached hydrogens (tertiary/aromatic N) is 1. The van der Waals surface area contributed by atoms with Gasteiger partial charge >= 0.3 is 0 Å². The maximum absolute atomic E-state index is 10.9. The van der Waals surface area contributed by atoms with Crippen molar-refractivity contribution in [3.8, 4) is 0 Å². The number of carbonyl (C=O) groups is 2. The molecule has 0 spiro atoms. The van der Waals surface area contributed by atoms with Crippen molar-refractivity contribution in [1.29, 1.82) is 0 Å². The van der Waals surface area contributed by atoms with Crippen molar-refractivity contribution < 1.29 is 9.59 Å². The van der Waals surface area contributed by atoms with Crippen LogP contribution in [-0.4, -0.2) is 29.3 Å². The topological polar surface area (TPSA) is 63.4 Å². The lowest BCUT2D eigenvalue weighted by Crippen LogP contribution is -2.42. The number of likely N-dealkylation sites (tertiary alicyclic amines) is 1. The number of primary amides is 1. The summed E-state index contributed by atoms with van der Waals surface area (Å²) in [5.41, 5.74) is 5.06. The van der Waals surface area contributed by atoms with Gasteiger partial charge in [-0.2, -0.15) is 0 Å². The monoisotopic (exact) mass is 155 g/mol. The summed E-state index contributed by atoms with van der Waals surface area (Å²) in [5, 5.41) is 0. The van der Waals surface area contributed by atoms with Crippen molar-refractivity contribution in [3.05, 3.63) is 6.42 Å². The van der Waals surface area contributed by atoms with E-state index in [0.29, 0.717) is 6.54 Å². The minimum Gasteiger partial charge on any atom is -0.368 e. The van der Waals surface area contributed by atoms with E-state index in [2.05, 4.69) is 0 Å². The van der Waals surface area contributed by atoms with Gasteiger partial charge in [0, 0.05) is 13.5 Å².